The number of nitrogens with zero attached hydrogens (tertiary/aromatic N) is 4. The summed E-state index contributed by atoms with van der Waals surface area (Å²) in [6.07, 6.45) is -0.722. The number of rotatable bonds is 3. The van der Waals surface area contributed by atoms with Gasteiger partial charge in [-0.05, 0) is 25.0 Å². The van der Waals surface area contributed by atoms with Gasteiger partial charge in [0.1, 0.15) is 12.1 Å². The predicted octanol–water partition coefficient (Wildman–Crippen LogP) is 2.07. The first kappa shape index (κ1) is 16.2. The SMILES string of the molecule is O=C(Nc1ncn[nH]1)C1CCCN(c2ncccc2C(F)(F)F)C1. The van der Waals surface area contributed by atoms with Crippen molar-refractivity contribution in [3.05, 3.63) is 30.2 Å². The molecular formula is C14H15F3N6O. The van der Waals surface area contributed by atoms with Crippen LogP contribution in [0.2, 0.25) is 0 Å². The number of halogens is 3. The van der Waals surface area contributed by atoms with Gasteiger partial charge in [0.25, 0.3) is 0 Å². The molecule has 3 rings (SSSR count). The highest BCUT2D eigenvalue weighted by molar-refractivity contribution is 5.91. The van der Waals surface area contributed by atoms with Crippen molar-refractivity contribution >= 4 is 17.7 Å². The fourth-order valence-electron chi connectivity index (χ4n) is 2.74. The van der Waals surface area contributed by atoms with Crippen molar-refractivity contribution in [1.29, 1.82) is 0 Å². The van der Waals surface area contributed by atoms with Crippen molar-refractivity contribution in [2.24, 2.45) is 5.92 Å². The molecule has 24 heavy (non-hydrogen) atoms. The van der Waals surface area contributed by atoms with E-state index in [1.54, 1.807) is 0 Å². The van der Waals surface area contributed by atoms with E-state index in [9.17, 15) is 18.0 Å². The molecule has 0 saturated carbocycles. The monoisotopic (exact) mass is 340 g/mol. The Labute approximate surface area is 135 Å². The van der Waals surface area contributed by atoms with Crippen molar-refractivity contribution in [2.45, 2.75) is 19.0 Å². The van der Waals surface area contributed by atoms with Gasteiger partial charge in [0.05, 0.1) is 11.5 Å². The molecule has 1 fully saturated rings. The number of hydrogen-bond donors (Lipinski definition) is 2. The normalized spacial score (nSPS) is 18.5. The molecule has 0 radical (unpaired) electrons. The van der Waals surface area contributed by atoms with Crippen molar-refractivity contribution in [3.8, 4) is 0 Å². The molecule has 1 unspecified atom stereocenters. The Bertz CT molecular complexity index is 703. The molecule has 1 atom stereocenters. The summed E-state index contributed by atoms with van der Waals surface area (Å²) in [7, 11) is 0. The average Bonchev–Trinajstić information content (AvgIpc) is 3.07. The lowest BCUT2D eigenvalue weighted by Crippen LogP contribution is -2.42. The Kier molecular flexibility index (Phi) is 4.36. The van der Waals surface area contributed by atoms with Crippen LogP contribution in [0.1, 0.15) is 18.4 Å². The maximum absolute atomic E-state index is 13.1. The standard InChI is InChI=1S/C14H15F3N6O/c15-14(16,17)10-4-1-5-18-11(10)23-6-2-3-9(7-23)12(24)21-13-19-8-20-22-13/h1,4-5,8-9H,2-3,6-7H2,(H2,19,20,21,22,24). The van der Waals surface area contributed by atoms with Gasteiger partial charge in [-0.3, -0.25) is 10.1 Å². The summed E-state index contributed by atoms with van der Waals surface area (Å²) in [4.78, 5) is 21.5. The van der Waals surface area contributed by atoms with Crippen LogP contribution in [0.25, 0.3) is 0 Å². The number of H-pyrrole nitrogens is 1. The van der Waals surface area contributed by atoms with E-state index in [-0.39, 0.29) is 24.2 Å². The van der Waals surface area contributed by atoms with Crippen LogP contribution in [0, 0.1) is 5.92 Å². The summed E-state index contributed by atoms with van der Waals surface area (Å²) in [5.74, 6) is -0.680. The van der Waals surface area contributed by atoms with Crippen molar-refractivity contribution in [2.75, 3.05) is 23.3 Å². The van der Waals surface area contributed by atoms with E-state index in [1.165, 1.54) is 23.5 Å². The second-order valence-electron chi connectivity index (χ2n) is 5.48. The number of anilines is 2. The minimum absolute atomic E-state index is 0.137. The molecule has 128 valence electrons. The molecular weight excluding hydrogens is 325 g/mol. The van der Waals surface area contributed by atoms with E-state index in [2.05, 4.69) is 25.5 Å². The van der Waals surface area contributed by atoms with Gasteiger partial charge in [-0.2, -0.15) is 23.3 Å². The van der Waals surface area contributed by atoms with Crippen LogP contribution in [-0.2, 0) is 11.0 Å². The smallest absolute Gasteiger partial charge is 0.355 e. The number of amides is 1. The third kappa shape index (κ3) is 3.47. The number of carbonyl (C=O) groups is 1. The van der Waals surface area contributed by atoms with Crippen molar-refractivity contribution in [1.82, 2.24) is 20.2 Å². The topological polar surface area (TPSA) is 86.8 Å². The predicted molar refractivity (Wildman–Crippen MR) is 79.2 cm³/mol. The minimum Gasteiger partial charge on any atom is -0.355 e. The molecule has 2 aromatic heterocycles. The highest BCUT2D eigenvalue weighted by Gasteiger charge is 2.37. The lowest BCUT2D eigenvalue weighted by molar-refractivity contribution is -0.137. The zero-order chi connectivity index (χ0) is 17.2. The number of piperidine rings is 1. The first-order valence-electron chi connectivity index (χ1n) is 7.38. The van der Waals surface area contributed by atoms with E-state index in [0.717, 1.165) is 6.07 Å². The summed E-state index contributed by atoms with van der Waals surface area (Å²) in [6, 6.07) is 2.25. The lowest BCUT2D eigenvalue weighted by Gasteiger charge is -2.34. The van der Waals surface area contributed by atoms with Crippen molar-refractivity contribution < 1.29 is 18.0 Å². The largest absolute Gasteiger partial charge is 0.419 e. The van der Waals surface area contributed by atoms with Gasteiger partial charge in [0.2, 0.25) is 11.9 Å². The zero-order valence-corrected chi connectivity index (χ0v) is 12.5. The molecule has 0 aliphatic carbocycles. The van der Waals surface area contributed by atoms with Crippen LogP contribution in [0.4, 0.5) is 24.9 Å². The maximum Gasteiger partial charge on any atom is 0.419 e. The Morgan fingerprint density at radius 2 is 2.21 bits per heavy atom. The van der Waals surface area contributed by atoms with Gasteiger partial charge < -0.3 is 4.90 Å². The highest BCUT2D eigenvalue weighted by Crippen LogP contribution is 2.36. The quantitative estimate of drug-likeness (QED) is 0.893. The Hall–Kier alpha value is -2.65. The number of hydrogen-bond acceptors (Lipinski definition) is 5. The third-order valence-electron chi connectivity index (χ3n) is 3.84. The molecule has 0 aromatic carbocycles. The zero-order valence-electron chi connectivity index (χ0n) is 12.5. The summed E-state index contributed by atoms with van der Waals surface area (Å²) in [6.45, 7) is 0.590. The molecule has 1 amide bonds. The Balaban J connectivity index is 1.75. The Morgan fingerprint density at radius 3 is 2.92 bits per heavy atom. The van der Waals surface area contributed by atoms with Crippen LogP contribution in [0.15, 0.2) is 24.7 Å². The van der Waals surface area contributed by atoms with Crippen LogP contribution in [-0.4, -0.2) is 39.2 Å². The first-order chi connectivity index (χ1) is 11.4. The Morgan fingerprint density at radius 1 is 1.38 bits per heavy atom. The van der Waals surface area contributed by atoms with Gasteiger partial charge in [-0.25, -0.2) is 10.1 Å². The van der Waals surface area contributed by atoms with Gasteiger partial charge in [-0.1, -0.05) is 0 Å². The van der Waals surface area contributed by atoms with E-state index >= 15 is 0 Å². The number of nitrogens with one attached hydrogen (secondary N) is 2. The van der Waals surface area contributed by atoms with Crippen LogP contribution < -0.4 is 10.2 Å². The third-order valence-corrected chi connectivity index (χ3v) is 3.84. The molecule has 0 bridgehead atoms. The van der Waals surface area contributed by atoms with E-state index in [4.69, 9.17) is 0 Å². The molecule has 2 N–H and O–H groups in total. The summed E-state index contributed by atoms with van der Waals surface area (Å²) >= 11 is 0. The van der Waals surface area contributed by atoms with Gasteiger partial charge in [0.15, 0.2) is 0 Å². The minimum atomic E-state index is -4.49. The fraction of sp³-hybridized carbons (Fsp3) is 0.429. The number of alkyl halides is 3. The summed E-state index contributed by atoms with van der Waals surface area (Å²) < 4.78 is 39.4. The molecule has 1 aliphatic heterocycles. The number of carbonyl (C=O) groups excluding carboxylic acids is 1. The molecule has 7 nitrogen and oxygen atoms in total. The van der Waals surface area contributed by atoms with Gasteiger partial charge in [-0.15, -0.1) is 0 Å². The molecule has 2 aromatic rings. The first-order valence-corrected chi connectivity index (χ1v) is 7.38. The molecule has 3 heterocycles. The van der Waals surface area contributed by atoms with E-state index < -0.39 is 17.7 Å². The van der Waals surface area contributed by atoms with Crippen molar-refractivity contribution in [3.63, 3.8) is 0 Å². The molecule has 10 heteroatoms. The molecule has 1 saturated heterocycles. The van der Waals surface area contributed by atoms with Gasteiger partial charge >= 0.3 is 6.18 Å². The average molecular weight is 340 g/mol. The second kappa shape index (κ2) is 6.46. The van der Waals surface area contributed by atoms with E-state index in [1.807, 2.05) is 0 Å². The lowest BCUT2D eigenvalue weighted by atomic mass is 9.96. The highest BCUT2D eigenvalue weighted by atomic mass is 19.4. The summed E-state index contributed by atoms with van der Waals surface area (Å²) in [5.41, 5.74) is -0.790. The van der Waals surface area contributed by atoms with Crippen LogP contribution >= 0.6 is 0 Å². The van der Waals surface area contributed by atoms with Gasteiger partial charge in [0, 0.05) is 19.3 Å². The maximum atomic E-state index is 13.1. The fourth-order valence-corrected chi connectivity index (χ4v) is 2.74. The van der Waals surface area contributed by atoms with Crippen LogP contribution in [0.5, 0.6) is 0 Å². The second-order valence-corrected chi connectivity index (χ2v) is 5.48. The number of aromatic nitrogens is 4. The molecule has 0 spiro atoms. The summed E-state index contributed by atoms with van der Waals surface area (Å²) in [5, 5.41) is 8.71. The molecule has 1 aliphatic rings. The van der Waals surface area contributed by atoms with E-state index in [0.29, 0.717) is 19.4 Å². The number of pyridine rings is 1. The van der Waals surface area contributed by atoms with Crippen LogP contribution in [0.3, 0.4) is 0 Å². The number of aromatic amines is 1.